The first-order valence-corrected chi connectivity index (χ1v) is 11.7. The van der Waals surface area contributed by atoms with Crippen LogP contribution in [0.15, 0.2) is 34.9 Å². The fourth-order valence-corrected chi connectivity index (χ4v) is 5.39. The van der Waals surface area contributed by atoms with E-state index in [4.69, 9.17) is 5.73 Å². The fourth-order valence-electron chi connectivity index (χ4n) is 5.04. The summed E-state index contributed by atoms with van der Waals surface area (Å²) in [5.41, 5.74) is 8.68. The van der Waals surface area contributed by atoms with Gasteiger partial charge in [-0.1, -0.05) is 19.1 Å². The number of nitrogens with zero attached hydrogens (tertiary/aromatic N) is 3. The van der Waals surface area contributed by atoms with Crippen LogP contribution in [0.3, 0.4) is 0 Å². The Morgan fingerprint density at radius 3 is 2.76 bits per heavy atom. The van der Waals surface area contributed by atoms with Gasteiger partial charge in [-0.15, -0.1) is 0 Å². The Balaban J connectivity index is 1.38. The first-order chi connectivity index (χ1) is 15.7. The minimum absolute atomic E-state index is 0.00336. The second-order valence-corrected chi connectivity index (χ2v) is 10.2. The highest BCUT2D eigenvalue weighted by atomic mass is 79.9. The molecule has 1 aromatic carbocycles. The molecule has 1 aliphatic carbocycles. The molecule has 0 unspecified atom stereocenters. The highest BCUT2D eigenvalue weighted by Gasteiger charge is 2.63. The average Bonchev–Trinajstić information content (AvgIpc) is 3.10. The Morgan fingerprint density at radius 2 is 2.00 bits per heavy atom. The average molecular weight is 510 g/mol. The Hall–Kier alpha value is -3.07. The molecule has 9 heteroatoms. The maximum atomic E-state index is 13.4. The SMILES string of the molecule is Cc1ccc(Br)nc1CC(=O)[C@@H]1C[C@@]2(C)C[C@H]2N1C(=O)Cc1ccc2[nH]nc(C(N)=O)c2c1. The summed E-state index contributed by atoms with van der Waals surface area (Å²) in [6.07, 6.45) is 1.94. The molecule has 2 aromatic heterocycles. The summed E-state index contributed by atoms with van der Waals surface area (Å²) in [5.74, 6) is -0.686. The van der Waals surface area contributed by atoms with E-state index in [2.05, 4.69) is 38.0 Å². The molecule has 3 N–H and O–H groups in total. The number of ketones is 1. The van der Waals surface area contributed by atoms with Gasteiger partial charge in [0.2, 0.25) is 5.91 Å². The lowest BCUT2D eigenvalue weighted by molar-refractivity contribution is -0.138. The lowest BCUT2D eigenvalue weighted by atomic mass is 9.96. The van der Waals surface area contributed by atoms with Gasteiger partial charge in [0.15, 0.2) is 11.5 Å². The van der Waals surface area contributed by atoms with Gasteiger partial charge >= 0.3 is 0 Å². The van der Waals surface area contributed by atoms with Crippen molar-refractivity contribution in [1.29, 1.82) is 0 Å². The van der Waals surface area contributed by atoms with Gasteiger partial charge in [-0.25, -0.2) is 4.98 Å². The Kier molecular flexibility index (Phi) is 5.12. The third kappa shape index (κ3) is 3.84. The molecule has 170 valence electrons. The number of aromatic amines is 1. The zero-order valence-electron chi connectivity index (χ0n) is 18.4. The maximum absolute atomic E-state index is 13.4. The van der Waals surface area contributed by atoms with Crippen LogP contribution in [-0.4, -0.2) is 49.8 Å². The number of aromatic nitrogens is 3. The second-order valence-electron chi connectivity index (χ2n) is 9.43. The zero-order chi connectivity index (χ0) is 23.5. The van der Waals surface area contributed by atoms with Crippen LogP contribution in [0.2, 0.25) is 0 Å². The van der Waals surface area contributed by atoms with Gasteiger partial charge in [0.1, 0.15) is 4.60 Å². The number of H-pyrrole nitrogens is 1. The number of amides is 2. The molecule has 0 bridgehead atoms. The van der Waals surface area contributed by atoms with E-state index in [-0.39, 0.29) is 41.7 Å². The van der Waals surface area contributed by atoms with Crippen molar-refractivity contribution in [2.75, 3.05) is 0 Å². The van der Waals surface area contributed by atoms with Crippen molar-refractivity contribution in [3.8, 4) is 0 Å². The number of hydrogen-bond acceptors (Lipinski definition) is 5. The highest BCUT2D eigenvalue weighted by molar-refractivity contribution is 9.10. The molecule has 8 nitrogen and oxygen atoms in total. The Bertz CT molecular complexity index is 1320. The number of primary amides is 1. The Labute approximate surface area is 199 Å². The number of halogens is 1. The number of nitrogens with two attached hydrogens (primary N) is 1. The predicted molar refractivity (Wildman–Crippen MR) is 125 cm³/mol. The summed E-state index contributed by atoms with van der Waals surface area (Å²) in [6.45, 7) is 4.08. The minimum Gasteiger partial charge on any atom is -0.364 e. The maximum Gasteiger partial charge on any atom is 0.269 e. The first kappa shape index (κ1) is 21.8. The molecular weight excluding hydrogens is 486 g/mol. The monoisotopic (exact) mass is 509 g/mol. The van der Waals surface area contributed by atoms with Crippen LogP contribution in [0.4, 0.5) is 0 Å². The number of rotatable bonds is 6. The molecule has 3 atom stereocenters. The largest absolute Gasteiger partial charge is 0.364 e. The van der Waals surface area contributed by atoms with Crippen LogP contribution < -0.4 is 5.73 Å². The molecular formula is C24H24BrN5O3. The molecule has 2 amide bonds. The number of fused-ring (bicyclic) bond motifs is 2. The lowest BCUT2D eigenvalue weighted by Gasteiger charge is -2.27. The van der Waals surface area contributed by atoms with Crippen molar-refractivity contribution in [3.63, 3.8) is 0 Å². The van der Waals surface area contributed by atoms with Gasteiger partial charge in [0, 0.05) is 11.4 Å². The van der Waals surface area contributed by atoms with E-state index in [1.54, 1.807) is 17.0 Å². The minimum atomic E-state index is -0.625. The van der Waals surface area contributed by atoms with Crippen LogP contribution >= 0.6 is 15.9 Å². The molecule has 5 rings (SSSR count). The number of carbonyl (C=O) groups excluding carboxylic acids is 3. The van der Waals surface area contributed by atoms with E-state index in [1.807, 2.05) is 25.1 Å². The normalized spacial score (nSPS) is 23.5. The number of pyridine rings is 1. The van der Waals surface area contributed by atoms with Gasteiger partial charge in [0.25, 0.3) is 5.91 Å². The van der Waals surface area contributed by atoms with Gasteiger partial charge in [-0.2, -0.15) is 5.10 Å². The number of likely N-dealkylation sites (tertiary alicyclic amines) is 1. The fraction of sp³-hybridized carbons (Fsp3) is 0.375. The van der Waals surface area contributed by atoms with Gasteiger partial charge in [-0.3, -0.25) is 19.5 Å². The van der Waals surface area contributed by atoms with Crippen molar-refractivity contribution in [2.24, 2.45) is 11.1 Å². The van der Waals surface area contributed by atoms with Crippen molar-refractivity contribution in [3.05, 3.63) is 57.4 Å². The number of hydrogen-bond donors (Lipinski definition) is 2. The molecule has 2 aliphatic rings. The van der Waals surface area contributed by atoms with Crippen molar-refractivity contribution < 1.29 is 14.4 Å². The van der Waals surface area contributed by atoms with Crippen molar-refractivity contribution in [1.82, 2.24) is 20.1 Å². The number of benzene rings is 1. The van der Waals surface area contributed by atoms with Gasteiger partial charge < -0.3 is 10.6 Å². The van der Waals surface area contributed by atoms with Crippen LogP contribution in [0.5, 0.6) is 0 Å². The summed E-state index contributed by atoms with van der Waals surface area (Å²) >= 11 is 3.37. The van der Waals surface area contributed by atoms with E-state index in [0.29, 0.717) is 21.9 Å². The van der Waals surface area contributed by atoms with E-state index in [0.717, 1.165) is 23.2 Å². The summed E-state index contributed by atoms with van der Waals surface area (Å²) < 4.78 is 0.690. The van der Waals surface area contributed by atoms with Crippen molar-refractivity contribution in [2.45, 2.75) is 51.6 Å². The van der Waals surface area contributed by atoms with E-state index in [9.17, 15) is 14.4 Å². The highest BCUT2D eigenvalue weighted by Crippen LogP contribution is 2.59. The van der Waals surface area contributed by atoms with E-state index >= 15 is 0 Å². The molecule has 1 saturated carbocycles. The molecule has 3 aromatic rings. The number of nitrogens with one attached hydrogen (secondary N) is 1. The van der Waals surface area contributed by atoms with Gasteiger partial charge in [-0.05, 0) is 70.4 Å². The number of carbonyl (C=O) groups is 3. The molecule has 0 radical (unpaired) electrons. The van der Waals surface area contributed by atoms with Crippen LogP contribution in [0, 0.1) is 12.3 Å². The molecule has 1 aliphatic heterocycles. The first-order valence-electron chi connectivity index (χ1n) is 10.9. The standard InChI is InChI=1S/C24H24BrN5O3/c1-12-3-6-20(25)27-16(12)9-18(31)17-10-24(2)11-19(24)30(17)21(32)8-13-4-5-15-14(7-13)22(23(26)33)29-28-15/h3-7,17,19H,8-11H2,1-2H3,(H2,26,33)(H,28,29)/t17-,19+,24-/m0/s1. The smallest absolute Gasteiger partial charge is 0.269 e. The topological polar surface area (TPSA) is 122 Å². The van der Waals surface area contributed by atoms with Crippen molar-refractivity contribution >= 4 is 44.4 Å². The van der Waals surface area contributed by atoms with Crippen LogP contribution in [-0.2, 0) is 22.4 Å². The quantitative estimate of drug-likeness (QED) is 0.494. The zero-order valence-corrected chi connectivity index (χ0v) is 20.0. The summed E-state index contributed by atoms with van der Waals surface area (Å²) in [6, 6.07) is 8.82. The third-order valence-electron chi connectivity index (χ3n) is 7.02. The summed E-state index contributed by atoms with van der Waals surface area (Å²) in [5, 5.41) is 7.33. The van der Waals surface area contributed by atoms with E-state index < -0.39 is 11.9 Å². The van der Waals surface area contributed by atoms with E-state index in [1.165, 1.54) is 0 Å². The lowest BCUT2D eigenvalue weighted by Crippen LogP contribution is -2.44. The second kappa shape index (κ2) is 7.76. The summed E-state index contributed by atoms with van der Waals surface area (Å²) in [7, 11) is 0. The number of piperidine rings is 1. The van der Waals surface area contributed by atoms with Crippen LogP contribution in [0.1, 0.15) is 47.1 Å². The predicted octanol–water partition coefficient (Wildman–Crippen LogP) is 2.86. The van der Waals surface area contributed by atoms with Crippen LogP contribution in [0.25, 0.3) is 10.9 Å². The molecule has 0 spiro atoms. The molecule has 2 fully saturated rings. The number of aryl methyl sites for hydroxylation is 1. The molecule has 3 heterocycles. The summed E-state index contributed by atoms with van der Waals surface area (Å²) in [4.78, 5) is 44.6. The molecule has 1 saturated heterocycles. The number of Topliss-reactive ketones (excluding diaryl/α,β-unsaturated/α-hetero) is 1. The molecule has 33 heavy (non-hydrogen) atoms. The Morgan fingerprint density at radius 1 is 1.21 bits per heavy atom. The van der Waals surface area contributed by atoms with Gasteiger partial charge in [0.05, 0.1) is 30.1 Å². The third-order valence-corrected chi connectivity index (χ3v) is 7.46.